The summed E-state index contributed by atoms with van der Waals surface area (Å²) >= 11 is 0. The third kappa shape index (κ3) is 4.85. The first-order valence-electron chi connectivity index (χ1n) is 8.35. The highest BCUT2D eigenvalue weighted by molar-refractivity contribution is 5.92. The minimum absolute atomic E-state index is 0.0558. The smallest absolute Gasteiger partial charge is 0.226 e. The van der Waals surface area contributed by atoms with Gasteiger partial charge in [-0.05, 0) is 43.0 Å². The molecule has 122 valence electrons. The number of hydrogen-bond donors (Lipinski definition) is 2. The zero-order valence-electron chi connectivity index (χ0n) is 14.3. The monoisotopic (exact) mass is 310 g/mol. The number of benzene rings is 2. The van der Waals surface area contributed by atoms with E-state index in [4.69, 9.17) is 0 Å². The molecule has 2 rings (SSSR count). The molecule has 2 aromatic rings. The number of carbonyl (C=O) groups excluding carboxylic acids is 1. The predicted octanol–water partition coefficient (Wildman–Crippen LogP) is 4.56. The maximum absolute atomic E-state index is 12.2. The first-order chi connectivity index (χ1) is 11.1. The van der Waals surface area contributed by atoms with Crippen LogP contribution in [-0.4, -0.2) is 12.5 Å². The molecule has 3 nitrogen and oxygen atoms in total. The number of para-hydroxylation sites is 1. The minimum atomic E-state index is 0.0558. The molecule has 0 aliphatic carbocycles. The van der Waals surface area contributed by atoms with Crippen LogP contribution in [0.2, 0.25) is 0 Å². The average Bonchev–Trinajstić information content (AvgIpc) is 2.57. The van der Waals surface area contributed by atoms with Gasteiger partial charge in [-0.3, -0.25) is 4.79 Å². The van der Waals surface area contributed by atoms with Crippen molar-refractivity contribution in [3.63, 3.8) is 0 Å². The van der Waals surface area contributed by atoms with Crippen LogP contribution in [-0.2, 0) is 17.6 Å². The van der Waals surface area contributed by atoms with E-state index in [0.29, 0.717) is 13.0 Å². The Bertz CT molecular complexity index is 625. The molecule has 2 aromatic carbocycles. The molecular weight excluding hydrogens is 284 g/mol. The Morgan fingerprint density at radius 1 is 0.957 bits per heavy atom. The second-order valence-corrected chi connectivity index (χ2v) is 5.75. The fraction of sp³-hybridized carbons (Fsp3) is 0.350. The molecule has 0 aromatic heterocycles. The summed E-state index contributed by atoms with van der Waals surface area (Å²) in [5.41, 5.74) is 5.68. The third-order valence-electron chi connectivity index (χ3n) is 4.00. The molecule has 0 saturated carbocycles. The van der Waals surface area contributed by atoms with Crippen molar-refractivity contribution in [2.45, 2.75) is 40.0 Å². The normalized spacial score (nSPS) is 10.4. The van der Waals surface area contributed by atoms with E-state index in [-0.39, 0.29) is 5.91 Å². The van der Waals surface area contributed by atoms with Crippen molar-refractivity contribution in [3.8, 4) is 0 Å². The van der Waals surface area contributed by atoms with Crippen LogP contribution in [0.15, 0.2) is 42.5 Å². The summed E-state index contributed by atoms with van der Waals surface area (Å²) in [6, 6.07) is 14.4. The van der Waals surface area contributed by atoms with Crippen LogP contribution in [0.5, 0.6) is 0 Å². The number of aryl methyl sites for hydroxylation is 3. The summed E-state index contributed by atoms with van der Waals surface area (Å²) in [5.74, 6) is 0.0558. The highest BCUT2D eigenvalue weighted by atomic mass is 16.1. The van der Waals surface area contributed by atoms with Gasteiger partial charge in [0.1, 0.15) is 0 Å². The molecule has 1 amide bonds. The minimum Gasteiger partial charge on any atom is -0.385 e. The first-order valence-corrected chi connectivity index (χ1v) is 8.35. The Kier molecular flexibility index (Phi) is 6.21. The number of nitrogens with one attached hydrogen (secondary N) is 2. The average molecular weight is 310 g/mol. The Labute approximate surface area is 139 Å². The number of hydrogen-bond acceptors (Lipinski definition) is 2. The van der Waals surface area contributed by atoms with Gasteiger partial charge >= 0.3 is 0 Å². The number of anilines is 2. The molecule has 0 fully saturated rings. The van der Waals surface area contributed by atoms with Crippen molar-refractivity contribution in [2.24, 2.45) is 0 Å². The van der Waals surface area contributed by atoms with Gasteiger partial charge in [-0.2, -0.15) is 0 Å². The number of rotatable bonds is 7. The zero-order chi connectivity index (χ0) is 16.7. The van der Waals surface area contributed by atoms with E-state index in [2.05, 4.69) is 61.7 Å². The third-order valence-corrected chi connectivity index (χ3v) is 4.00. The van der Waals surface area contributed by atoms with Crippen molar-refractivity contribution in [1.29, 1.82) is 0 Å². The summed E-state index contributed by atoms with van der Waals surface area (Å²) < 4.78 is 0. The molecule has 0 atom stereocenters. The number of carbonyl (C=O) groups is 1. The van der Waals surface area contributed by atoms with Gasteiger partial charge in [0.25, 0.3) is 0 Å². The van der Waals surface area contributed by atoms with Gasteiger partial charge in [-0.1, -0.05) is 49.7 Å². The van der Waals surface area contributed by atoms with Crippen molar-refractivity contribution >= 4 is 17.3 Å². The Morgan fingerprint density at radius 2 is 1.57 bits per heavy atom. The summed E-state index contributed by atoms with van der Waals surface area (Å²) in [4.78, 5) is 12.2. The van der Waals surface area contributed by atoms with Gasteiger partial charge in [0, 0.05) is 24.3 Å². The Balaban J connectivity index is 1.91. The second-order valence-electron chi connectivity index (χ2n) is 5.75. The summed E-state index contributed by atoms with van der Waals surface area (Å²) in [6.07, 6.45) is 2.30. The van der Waals surface area contributed by atoms with Crippen LogP contribution in [0.25, 0.3) is 0 Å². The van der Waals surface area contributed by atoms with Gasteiger partial charge in [-0.25, -0.2) is 0 Å². The molecule has 0 radical (unpaired) electrons. The molecule has 0 aliphatic rings. The van der Waals surface area contributed by atoms with Crippen molar-refractivity contribution < 1.29 is 4.79 Å². The maximum Gasteiger partial charge on any atom is 0.226 e. The van der Waals surface area contributed by atoms with E-state index >= 15 is 0 Å². The lowest BCUT2D eigenvalue weighted by Crippen LogP contribution is -2.18. The van der Waals surface area contributed by atoms with E-state index in [1.165, 1.54) is 16.7 Å². The molecule has 0 unspecified atom stereocenters. The van der Waals surface area contributed by atoms with Crippen LogP contribution < -0.4 is 10.6 Å². The number of amides is 1. The van der Waals surface area contributed by atoms with Crippen LogP contribution in [0.4, 0.5) is 11.4 Å². The standard InChI is InChI=1S/C20H26N2O/c1-4-16-7-6-8-17(5-2)20(16)22-19(23)13-14-21-18-11-9-15(3)10-12-18/h6-12,21H,4-5,13-14H2,1-3H3,(H,22,23). The van der Waals surface area contributed by atoms with Gasteiger partial charge in [-0.15, -0.1) is 0 Å². The van der Waals surface area contributed by atoms with Crippen molar-refractivity contribution in [2.75, 3.05) is 17.2 Å². The van der Waals surface area contributed by atoms with E-state index < -0.39 is 0 Å². The first kappa shape index (κ1) is 17.1. The molecule has 2 N–H and O–H groups in total. The quantitative estimate of drug-likeness (QED) is 0.787. The van der Waals surface area contributed by atoms with E-state index in [0.717, 1.165) is 24.2 Å². The lowest BCUT2D eigenvalue weighted by atomic mass is 10.0. The van der Waals surface area contributed by atoms with Gasteiger partial charge in [0.05, 0.1) is 0 Å². The molecule has 0 spiro atoms. The van der Waals surface area contributed by atoms with Gasteiger partial charge < -0.3 is 10.6 Å². The summed E-state index contributed by atoms with van der Waals surface area (Å²) in [7, 11) is 0. The van der Waals surface area contributed by atoms with E-state index in [1.54, 1.807) is 0 Å². The van der Waals surface area contributed by atoms with E-state index in [1.807, 2.05) is 12.1 Å². The topological polar surface area (TPSA) is 41.1 Å². The van der Waals surface area contributed by atoms with Crippen LogP contribution in [0.3, 0.4) is 0 Å². The molecule has 0 heterocycles. The Morgan fingerprint density at radius 3 is 2.13 bits per heavy atom. The summed E-state index contributed by atoms with van der Waals surface area (Å²) in [5, 5.41) is 6.38. The fourth-order valence-electron chi connectivity index (χ4n) is 2.60. The van der Waals surface area contributed by atoms with Crippen molar-refractivity contribution in [1.82, 2.24) is 0 Å². The molecular formula is C20H26N2O. The molecule has 0 bridgehead atoms. The lowest BCUT2D eigenvalue weighted by molar-refractivity contribution is -0.115. The SMILES string of the molecule is CCc1cccc(CC)c1NC(=O)CCNc1ccc(C)cc1. The highest BCUT2D eigenvalue weighted by Crippen LogP contribution is 2.22. The van der Waals surface area contributed by atoms with Crippen molar-refractivity contribution in [3.05, 3.63) is 59.2 Å². The fourth-order valence-corrected chi connectivity index (χ4v) is 2.60. The van der Waals surface area contributed by atoms with E-state index in [9.17, 15) is 4.79 Å². The highest BCUT2D eigenvalue weighted by Gasteiger charge is 2.09. The largest absolute Gasteiger partial charge is 0.385 e. The van der Waals surface area contributed by atoms with Crippen LogP contribution in [0.1, 0.15) is 37.0 Å². The maximum atomic E-state index is 12.2. The van der Waals surface area contributed by atoms with Gasteiger partial charge in [0.15, 0.2) is 0 Å². The van der Waals surface area contributed by atoms with Crippen LogP contribution in [0, 0.1) is 6.92 Å². The lowest BCUT2D eigenvalue weighted by Gasteiger charge is -2.14. The van der Waals surface area contributed by atoms with Gasteiger partial charge in [0.2, 0.25) is 5.91 Å². The zero-order valence-corrected chi connectivity index (χ0v) is 14.3. The Hall–Kier alpha value is -2.29. The molecule has 3 heteroatoms. The molecule has 0 saturated heterocycles. The second kappa shape index (κ2) is 8.37. The van der Waals surface area contributed by atoms with Crippen LogP contribution >= 0.6 is 0 Å². The molecule has 0 aliphatic heterocycles. The molecule has 23 heavy (non-hydrogen) atoms. The predicted molar refractivity (Wildman–Crippen MR) is 98.1 cm³/mol. The summed E-state index contributed by atoms with van der Waals surface area (Å²) in [6.45, 7) is 6.92.